The van der Waals surface area contributed by atoms with Crippen molar-refractivity contribution >= 4 is 88.0 Å². The molecule has 358 valence electrons. The van der Waals surface area contributed by atoms with Gasteiger partial charge in [0, 0.05) is 22.4 Å². The van der Waals surface area contributed by atoms with E-state index < -0.39 is 5.41 Å². The molecule has 1 spiro atoms. The summed E-state index contributed by atoms with van der Waals surface area (Å²) in [5.74, 6) is 0. The van der Waals surface area contributed by atoms with E-state index in [2.05, 4.69) is 301 Å². The zero-order valence-corrected chi connectivity index (χ0v) is 42.1. The lowest BCUT2D eigenvalue weighted by atomic mass is 9.64. The minimum absolute atomic E-state index is 0.695. The van der Waals surface area contributed by atoms with Crippen LogP contribution < -0.4 is 9.80 Å². The minimum atomic E-state index is -0.695. The summed E-state index contributed by atoms with van der Waals surface area (Å²) in [5, 5.41) is 12.4. The first kappa shape index (κ1) is 43.4. The van der Waals surface area contributed by atoms with Crippen LogP contribution in [0.3, 0.4) is 0 Å². The van der Waals surface area contributed by atoms with E-state index >= 15 is 0 Å². The van der Waals surface area contributed by atoms with E-state index in [4.69, 9.17) is 0 Å². The summed E-state index contributed by atoms with van der Waals surface area (Å²) < 4.78 is 0. The van der Waals surface area contributed by atoms with Gasteiger partial charge < -0.3 is 9.80 Å². The predicted molar refractivity (Wildman–Crippen MR) is 325 cm³/mol. The molecule has 0 N–H and O–H groups in total. The number of hydrogen-bond donors (Lipinski definition) is 0. The molecule has 14 aromatic carbocycles. The number of nitrogens with zero attached hydrogens (tertiary/aromatic N) is 2. The van der Waals surface area contributed by atoms with Crippen molar-refractivity contribution < 1.29 is 0 Å². The third-order valence-electron chi connectivity index (χ3n) is 16.7. The fraction of sp³-hybridized carbons (Fsp3) is 0.0133. The van der Waals surface area contributed by atoms with E-state index in [0.29, 0.717) is 0 Å². The third kappa shape index (κ3) is 6.43. The van der Waals surface area contributed by atoms with E-state index in [0.717, 1.165) is 34.1 Å². The Labute approximate surface area is 447 Å². The summed E-state index contributed by atoms with van der Waals surface area (Å²) >= 11 is 0. The Kier molecular flexibility index (Phi) is 9.58. The molecule has 0 aromatic heterocycles. The standard InChI is InChI=1S/C75H48N2/c1-2-25-56(26-3-1)76(70-36-18-24-49-19-4-9-27-59(49)70)57-39-41-58(42-40-57)77-71-34-16-14-32-66(71)75(67-33-15-17-35-72(67)77)68-47-54(73-60-28-10-5-20-50(60)45-51-21-6-11-29-61(51)73)37-43-64(68)65-44-38-55(48-69(65)75)74-62-30-12-7-22-52(62)46-53-23-8-13-31-63(53)74/h1-48H. The molecule has 0 unspecified atom stereocenters. The smallest absolute Gasteiger partial charge is 0.0754 e. The van der Waals surface area contributed by atoms with Gasteiger partial charge in [-0.15, -0.1) is 0 Å². The van der Waals surface area contributed by atoms with Gasteiger partial charge in [0.05, 0.1) is 22.5 Å². The van der Waals surface area contributed by atoms with Gasteiger partial charge >= 0.3 is 0 Å². The van der Waals surface area contributed by atoms with E-state index in [9.17, 15) is 0 Å². The second kappa shape index (κ2) is 17.0. The molecule has 0 atom stereocenters. The normalized spacial score (nSPS) is 13.0. The Bertz CT molecular complexity index is 4370. The van der Waals surface area contributed by atoms with Crippen LogP contribution in [0.25, 0.3) is 87.2 Å². The first-order valence-electron chi connectivity index (χ1n) is 26.7. The van der Waals surface area contributed by atoms with E-state index in [-0.39, 0.29) is 0 Å². The zero-order valence-electron chi connectivity index (χ0n) is 42.1. The van der Waals surface area contributed by atoms with Crippen LogP contribution >= 0.6 is 0 Å². The summed E-state index contributed by atoms with van der Waals surface area (Å²) in [6.45, 7) is 0. The lowest BCUT2D eigenvalue weighted by molar-refractivity contribution is 0.753. The van der Waals surface area contributed by atoms with Crippen LogP contribution in [0.2, 0.25) is 0 Å². The number of benzene rings is 14. The minimum Gasteiger partial charge on any atom is -0.310 e. The van der Waals surface area contributed by atoms with E-state index in [1.165, 1.54) is 109 Å². The molecule has 77 heavy (non-hydrogen) atoms. The van der Waals surface area contributed by atoms with Gasteiger partial charge in [0.15, 0.2) is 0 Å². The Morgan fingerprint density at radius 3 is 1.18 bits per heavy atom. The van der Waals surface area contributed by atoms with Gasteiger partial charge in [0.1, 0.15) is 0 Å². The van der Waals surface area contributed by atoms with Crippen LogP contribution in [0.15, 0.2) is 291 Å². The molecule has 1 aliphatic heterocycles. The summed E-state index contributed by atoms with van der Waals surface area (Å²) in [7, 11) is 0. The Hall–Kier alpha value is -10.0. The van der Waals surface area contributed by atoms with Crippen molar-refractivity contribution in [2.75, 3.05) is 9.80 Å². The molecular weight excluding hydrogens is 929 g/mol. The topological polar surface area (TPSA) is 6.48 Å². The summed E-state index contributed by atoms with van der Waals surface area (Å²) in [6, 6.07) is 109. The van der Waals surface area contributed by atoms with Crippen molar-refractivity contribution in [3.05, 3.63) is 313 Å². The number of fused-ring (bicyclic) bond motifs is 14. The summed E-state index contributed by atoms with van der Waals surface area (Å²) in [5.41, 5.74) is 18.7. The molecule has 14 aromatic rings. The van der Waals surface area contributed by atoms with Crippen LogP contribution in [0.1, 0.15) is 22.3 Å². The molecule has 0 fully saturated rings. The molecule has 2 aliphatic rings. The summed E-state index contributed by atoms with van der Waals surface area (Å²) in [6.07, 6.45) is 0. The number of rotatable bonds is 6. The highest BCUT2D eigenvalue weighted by Crippen LogP contribution is 2.64. The van der Waals surface area contributed by atoms with E-state index in [1.54, 1.807) is 0 Å². The number of anilines is 6. The van der Waals surface area contributed by atoms with Crippen molar-refractivity contribution in [1.29, 1.82) is 0 Å². The highest BCUT2D eigenvalue weighted by molar-refractivity contribution is 6.15. The molecule has 16 rings (SSSR count). The van der Waals surface area contributed by atoms with Gasteiger partial charge in [-0.2, -0.15) is 0 Å². The Morgan fingerprint density at radius 1 is 0.273 bits per heavy atom. The lowest BCUT2D eigenvalue weighted by Crippen LogP contribution is -2.36. The second-order valence-corrected chi connectivity index (χ2v) is 20.7. The quantitative estimate of drug-likeness (QED) is 0.153. The van der Waals surface area contributed by atoms with Crippen molar-refractivity contribution in [3.63, 3.8) is 0 Å². The van der Waals surface area contributed by atoms with Gasteiger partial charge in [-0.3, -0.25) is 0 Å². The largest absolute Gasteiger partial charge is 0.310 e. The molecular formula is C75H48N2. The van der Waals surface area contributed by atoms with Gasteiger partial charge in [0.2, 0.25) is 0 Å². The van der Waals surface area contributed by atoms with Crippen molar-refractivity contribution in [2.45, 2.75) is 5.41 Å². The van der Waals surface area contributed by atoms with Crippen LogP contribution in [-0.4, -0.2) is 0 Å². The van der Waals surface area contributed by atoms with Crippen LogP contribution in [0.5, 0.6) is 0 Å². The van der Waals surface area contributed by atoms with Gasteiger partial charge in [-0.25, -0.2) is 0 Å². The summed E-state index contributed by atoms with van der Waals surface area (Å²) in [4.78, 5) is 4.89. The van der Waals surface area contributed by atoms with Crippen molar-refractivity contribution in [1.82, 2.24) is 0 Å². The maximum absolute atomic E-state index is 2.56. The Balaban J connectivity index is 0.946. The number of para-hydroxylation sites is 3. The average Bonchev–Trinajstić information content (AvgIpc) is 4.04. The molecule has 0 amide bonds. The highest BCUT2D eigenvalue weighted by Gasteiger charge is 2.52. The number of hydrogen-bond acceptors (Lipinski definition) is 2. The zero-order chi connectivity index (χ0) is 50.6. The fourth-order valence-corrected chi connectivity index (χ4v) is 13.5. The van der Waals surface area contributed by atoms with Gasteiger partial charge in [0.25, 0.3) is 0 Å². The lowest BCUT2D eigenvalue weighted by Gasteiger charge is -2.45. The van der Waals surface area contributed by atoms with Crippen molar-refractivity contribution in [3.8, 4) is 33.4 Å². The monoisotopic (exact) mass is 976 g/mol. The SMILES string of the molecule is c1ccc(N(c2ccc(N3c4ccccc4C4(c5cc(-c6c7ccccc7cc7ccccc67)ccc5-c5ccc(-c6c7ccccc7cc7ccccc67)cc54)c4ccccc43)cc2)c2cccc3ccccc23)cc1. The fourth-order valence-electron chi connectivity index (χ4n) is 13.5. The maximum Gasteiger partial charge on any atom is 0.0754 e. The molecule has 0 bridgehead atoms. The first-order valence-corrected chi connectivity index (χ1v) is 26.7. The highest BCUT2D eigenvalue weighted by atomic mass is 15.2. The maximum atomic E-state index is 2.56. The van der Waals surface area contributed by atoms with Crippen LogP contribution in [0, 0.1) is 0 Å². The molecule has 2 nitrogen and oxygen atoms in total. The van der Waals surface area contributed by atoms with Crippen LogP contribution in [0.4, 0.5) is 34.1 Å². The Morgan fingerprint density at radius 2 is 0.675 bits per heavy atom. The molecule has 0 saturated heterocycles. The molecule has 1 aliphatic carbocycles. The second-order valence-electron chi connectivity index (χ2n) is 20.7. The predicted octanol–water partition coefficient (Wildman–Crippen LogP) is 20.4. The van der Waals surface area contributed by atoms with E-state index in [1.807, 2.05) is 0 Å². The molecule has 0 radical (unpaired) electrons. The molecule has 0 saturated carbocycles. The first-order chi connectivity index (χ1) is 38.2. The van der Waals surface area contributed by atoms with Gasteiger partial charge in [-0.1, -0.05) is 212 Å². The third-order valence-corrected chi connectivity index (χ3v) is 16.7. The van der Waals surface area contributed by atoms with Gasteiger partial charge in [-0.05, 0) is 183 Å². The van der Waals surface area contributed by atoms with Crippen LogP contribution in [-0.2, 0) is 5.41 Å². The molecule has 1 heterocycles. The average molecular weight is 977 g/mol. The molecule has 2 heteroatoms. The van der Waals surface area contributed by atoms with Crippen molar-refractivity contribution in [2.24, 2.45) is 0 Å².